The minimum atomic E-state index is -2.55. The molecule has 0 spiro atoms. The van der Waals surface area contributed by atoms with Crippen LogP contribution in [-0.4, -0.2) is 67.1 Å². The van der Waals surface area contributed by atoms with Crippen molar-refractivity contribution >= 4 is 14.5 Å². The predicted molar refractivity (Wildman–Crippen MR) is 70.4 cm³/mol. The van der Waals surface area contributed by atoms with E-state index in [4.69, 9.17) is 13.3 Å². The Morgan fingerprint density at radius 2 is 1.82 bits per heavy atom. The average molecular weight is 260 g/mol. The van der Waals surface area contributed by atoms with Crippen LogP contribution in [0.5, 0.6) is 0 Å². The van der Waals surface area contributed by atoms with Crippen LogP contribution in [0.15, 0.2) is 4.99 Å². The molecular formula is C11H24N2O3Si. The van der Waals surface area contributed by atoms with Crippen LogP contribution in [0, 0.1) is 0 Å². The van der Waals surface area contributed by atoms with E-state index < -0.39 is 8.80 Å². The maximum absolute atomic E-state index is 5.36. The molecule has 5 nitrogen and oxygen atoms in total. The Labute approximate surface area is 105 Å². The van der Waals surface area contributed by atoms with E-state index in [-0.39, 0.29) is 0 Å². The Hall–Kier alpha value is -0.273. The van der Waals surface area contributed by atoms with Crippen LogP contribution in [0.25, 0.3) is 0 Å². The second-order valence-corrected chi connectivity index (χ2v) is 7.28. The van der Waals surface area contributed by atoms with Gasteiger partial charge in [-0.1, -0.05) is 0 Å². The standard InChI is InChI=1S/C11H24N2O3Si/c1-13-8-6-5-7-11(9-13)12-10-17(14-2,15-3)16-4/h5-10H2,1-4H3. The van der Waals surface area contributed by atoms with E-state index in [0.29, 0.717) is 6.17 Å². The van der Waals surface area contributed by atoms with E-state index in [9.17, 15) is 0 Å². The molecule has 17 heavy (non-hydrogen) atoms. The fourth-order valence-corrected chi connectivity index (χ4v) is 3.27. The number of likely N-dealkylation sites (tertiary alicyclic amines) is 1. The quantitative estimate of drug-likeness (QED) is 0.691. The Bertz CT molecular complexity index is 249. The largest absolute Gasteiger partial charge is 0.522 e. The second-order valence-electron chi connectivity index (χ2n) is 4.37. The molecule has 0 amide bonds. The Morgan fingerprint density at radius 3 is 2.41 bits per heavy atom. The van der Waals surface area contributed by atoms with Crippen molar-refractivity contribution in [1.29, 1.82) is 0 Å². The van der Waals surface area contributed by atoms with Gasteiger partial charge in [-0.3, -0.25) is 4.99 Å². The van der Waals surface area contributed by atoms with E-state index >= 15 is 0 Å². The zero-order chi connectivity index (χ0) is 12.7. The molecule has 0 aliphatic carbocycles. The molecule has 1 saturated heterocycles. The molecule has 0 aromatic carbocycles. The van der Waals surface area contributed by atoms with Crippen molar-refractivity contribution in [3.05, 3.63) is 0 Å². The van der Waals surface area contributed by atoms with Gasteiger partial charge in [0.15, 0.2) is 0 Å². The van der Waals surface area contributed by atoms with Gasteiger partial charge in [0.1, 0.15) is 6.17 Å². The Morgan fingerprint density at radius 1 is 1.18 bits per heavy atom. The molecule has 1 aliphatic heterocycles. The summed E-state index contributed by atoms with van der Waals surface area (Å²) in [6, 6.07) is 0. The van der Waals surface area contributed by atoms with Gasteiger partial charge in [-0.05, 0) is 32.9 Å². The topological polar surface area (TPSA) is 43.3 Å². The molecule has 0 bridgehead atoms. The Balaban J connectivity index is 2.60. The molecular weight excluding hydrogens is 236 g/mol. The number of aliphatic imine (C=N–C) groups is 1. The first-order chi connectivity index (χ1) is 8.15. The van der Waals surface area contributed by atoms with Crippen molar-refractivity contribution in [1.82, 2.24) is 4.90 Å². The third-order valence-electron chi connectivity index (χ3n) is 3.14. The Kier molecular flexibility index (Phi) is 6.28. The van der Waals surface area contributed by atoms with E-state index in [1.165, 1.54) is 18.6 Å². The summed E-state index contributed by atoms with van der Waals surface area (Å²) in [5.74, 6) is 0. The first-order valence-corrected chi connectivity index (χ1v) is 7.95. The molecule has 0 aromatic heterocycles. The molecule has 0 saturated carbocycles. The second kappa shape index (κ2) is 7.23. The van der Waals surface area contributed by atoms with Crippen LogP contribution < -0.4 is 0 Å². The smallest absolute Gasteiger partial charge is 0.376 e. The highest BCUT2D eigenvalue weighted by molar-refractivity contribution is 6.61. The molecule has 0 aromatic rings. The summed E-state index contributed by atoms with van der Waals surface area (Å²) in [6.45, 7) is 2.10. The van der Waals surface area contributed by atoms with Crippen molar-refractivity contribution in [3.63, 3.8) is 0 Å². The van der Waals surface area contributed by atoms with Crippen LogP contribution >= 0.6 is 0 Å². The fourth-order valence-electron chi connectivity index (χ4n) is 1.96. The van der Waals surface area contributed by atoms with Crippen molar-refractivity contribution < 1.29 is 13.3 Å². The average Bonchev–Trinajstić information content (AvgIpc) is 2.56. The first kappa shape index (κ1) is 14.8. The first-order valence-electron chi connectivity index (χ1n) is 6.02. The van der Waals surface area contributed by atoms with Gasteiger partial charge in [0, 0.05) is 33.6 Å². The fraction of sp³-hybridized carbons (Fsp3) is 0.909. The van der Waals surface area contributed by atoms with Crippen LogP contribution in [0.2, 0.25) is 0 Å². The lowest BCUT2D eigenvalue weighted by Crippen LogP contribution is -2.47. The number of hydrogen-bond acceptors (Lipinski definition) is 5. The monoisotopic (exact) mass is 260 g/mol. The van der Waals surface area contributed by atoms with Gasteiger partial charge in [-0.15, -0.1) is 0 Å². The van der Waals surface area contributed by atoms with Crippen LogP contribution in [0.4, 0.5) is 0 Å². The normalized spacial score (nSPS) is 21.8. The zero-order valence-corrected chi connectivity index (χ0v) is 12.4. The lowest BCUT2D eigenvalue weighted by molar-refractivity contribution is 0.125. The van der Waals surface area contributed by atoms with Gasteiger partial charge >= 0.3 is 8.80 Å². The summed E-state index contributed by atoms with van der Waals surface area (Å²) >= 11 is 0. The minimum Gasteiger partial charge on any atom is -0.376 e. The predicted octanol–water partition coefficient (Wildman–Crippen LogP) is 0.960. The van der Waals surface area contributed by atoms with Crippen LogP contribution in [0.3, 0.4) is 0 Å². The maximum Gasteiger partial charge on any atom is 0.522 e. The maximum atomic E-state index is 5.36. The number of rotatable bonds is 5. The SMILES string of the molecule is CO[Si](CN=C1CCCCN(C)C1)(OC)OC. The van der Waals surface area contributed by atoms with E-state index in [0.717, 1.165) is 19.5 Å². The van der Waals surface area contributed by atoms with Gasteiger partial charge in [0.2, 0.25) is 0 Å². The van der Waals surface area contributed by atoms with Crippen LogP contribution in [0.1, 0.15) is 19.3 Å². The lowest BCUT2D eigenvalue weighted by Gasteiger charge is -2.23. The third-order valence-corrected chi connectivity index (χ3v) is 5.55. The van der Waals surface area contributed by atoms with E-state index in [2.05, 4.69) is 16.9 Å². The third kappa shape index (κ3) is 4.48. The highest BCUT2D eigenvalue weighted by Crippen LogP contribution is 2.10. The zero-order valence-electron chi connectivity index (χ0n) is 11.4. The van der Waals surface area contributed by atoms with Crippen LogP contribution in [-0.2, 0) is 13.3 Å². The van der Waals surface area contributed by atoms with Gasteiger partial charge < -0.3 is 18.2 Å². The molecule has 0 N–H and O–H groups in total. The summed E-state index contributed by atoms with van der Waals surface area (Å²) in [4.78, 5) is 6.95. The molecule has 0 unspecified atom stereocenters. The van der Waals surface area contributed by atoms with Gasteiger partial charge in [0.25, 0.3) is 0 Å². The lowest BCUT2D eigenvalue weighted by atomic mass is 10.2. The van der Waals surface area contributed by atoms with Crippen molar-refractivity contribution in [2.24, 2.45) is 4.99 Å². The summed E-state index contributed by atoms with van der Waals surface area (Å²) in [6.07, 6.45) is 4.05. The number of hydrogen-bond donors (Lipinski definition) is 0. The summed E-state index contributed by atoms with van der Waals surface area (Å²) < 4.78 is 16.1. The summed E-state index contributed by atoms with van der Waals surface area (Å²) in [5, 5.41) is 0. The van der Waals surface area contributed by atoms with Crippen molar-refractivity contribution in [2.45, 2.75) is 19.3 Å². The molecule has 6 heteroatoms. The molecule has 0 radical (unpaired) electrons. The highest BCUT2D eigenvalue weighted by atomic mass is 28.4. The number of nitrogens with zero attached hydrogens (tertiary/aromatic N) is 2. The molecule has 1 rings (SSSR count). The van der Waals surface area contributed by atoms with E-state index in [1.54, 1.807) is 21.3 Å². The molecule has 1 aliphatic rings. The molecule has 1 heterocycles. The van der Waals surface area contributed by atoms with Crippen molar-refractivity contribution in [3.8, 4) is 0 Å². The molecule has 100 valence electrons. The summed E-state index contributed by atoms with van der Waals surface area (Å²) in [7, 11) is 4.46. The minimum absolute atomic E-state index is 0.514. The molecule has 0 atom stereocenters. The van der Waals surface area contributed by atoms with Gasteiger partial charge in [-0.25, -0.2) is 0 Å². The van der Waals surface area contributed by atoms with Gasteiger partial charge in [0.05, 0.1) is 0 Å². The molecule has 1 fully saturated rings. The highest BCUT2D eigenvalue weighted by Gasteiger charge is 2.37. The van der Waals surface area contributed by atoms with Gasteiger partial charge in [-0.2, -0.15) is 0 Å². The van der Waals surface area contributed by atoms with E-state index in [1.807, 2.05) is 0 Å². The summed E-state index contributed by atoms with van der Waals surface area (Å²) in [5.41, 5.74) is 1.23. The van der Waals surface area contributed by atoms with Crippen molar-refractivity contribution in [2.75, 3.05) is 47.6 Å².